The lowest BCUT2D eigenvalue weighted by atomic mass is 10.1. The Labute approximate surface area is 208 Å². The lowest BCUT2D eigenvalue weighted by molar-refractivity contribution is -0.125. The summed E-state index contributed by atoms with van der Waals surface area (Å²) in [7, 11) is 1.96. The highest BCUT2D eigenvalue weighted by Gasteiger charge is 2.17. The van der Waals surface area contributed by atoms with E-state index in [9.17, 15) is 9.59 Å². The van der Waals surface area contributed by atoms with Gasteiger partial charge in [0.2, 0.25) is 18.2 Å². The number of carbonyl (C=O) groups is 3. The quantitative estimate of drug-likeness (QED) is 0.309. The van der Waals surface area contributed by atoms with Crippen molar-refractivity contribution in [2.45, 2.75) is 81.4 Å². The molecule has 0 radical (unpaired) electrons. The van der Waals surface area contributed by atoms with Gasteiger partial charge in [-0.05, 0) is 43.6 Å². The van der Waals surface area contributed by atoms with Crippen LogP contribution in [0.15, 0.2) is 24.3 Å². The Hall–Kier alpha value is -2.49. The van der Waals surface area contributed by atoms with E-state index in [-0.39, 0.29) is 37.3 Å². The fourth-order valence-electron chi connectivity index (χ4n) is 1.74. The Kier molecular flexibility index (Phi) is 43.1. The van der Waals surface area contributed by atoms with Crippen molar-refractivity contribution < 1.29 is 19.5 Å². The van der Waals surface area contributed by atoms with E-state index in [0.717, 1.165) is 12.1 Å². The molecule has 8 N–H and O–H groups in total. The second kappa shape index (κ2) is 35.1. The fourth-order valence-corrected chi connectivity index (χ4v) is 1.74. The number of primary amides is 1. The van der Waals surface area contributed by atoms with Gasteiger partial charge < -0.3 is 32.5 Å². The summed E-state index contributed by atoms with van der Waals surface area (Å²) in [6.45, 7) is 18.8. The number of amides is 3. The summed E-state index contributed by atoms with van der Waals surface area (Å²) in [5, 5.41) is 17.1. The number of hydrogen-bond acceptors (Lipinski definition) is 6. The fraction of sp³-hybridized carbons (Fsp3) is 0.640. The molecule has 1 aromatic rings. The molecular weight excluding hydrogens is 434 g/mol. The van der Waals surface area contributed by atoms with Crippen LogP contribution in [-0.2, 0) is 21.0 Å². The third-order valence-corrected chi connectivity index (χ3v) is 3.36. The van der Waals surface area contributed by atoms with Crippen molar-refractivity contribution in [2.24, 2.45) is 17.4 Å². The molecule has 0 fully saturated rings. The van der Waals surface area contributed by atoms with Gasteiger partial charge in [0, 0.05) is 5.69 Å². The van der Waals surface area contributed by atoms with Gasteiger partial charge in [-0.3, -0.25) is 14.4 Å². The van der Waals surface area contributed by atoms with Gasteiger partial charge in [0.05, 0.1) is 19.2 Å². The standard InChI is InChI=1S/C14H21N3O3.C4H11N.3C2H6.CH3NO/c1-9(2)13(15)14(20)16-7-12(19)17-11-5-3-10(8-18)4-6-11;1-3-4-5-2;3*1-2;2-1-3/h3-6,9,13,18H,7-8,15H2,1-2H3,(H,16,20)(H,17,19);5H,3-4H2,1-2H3;3*1-2H3;1H,(H2,2,3). The van der Waals surface area contributed by atoms with Crippen molar-refractivity contribution in [3.63, 3.8) is 0 Å². The predicted octanol–water partition coefficient (Wildman–Crippen LogP) is 3.01. The normalized spacial score (nSPS) is 9.21. The van der Waals surface area contributed by atoms with Crippen LogP contribution in [-0.4, -0.2) is 49.5 Å². The second-order valence-electron chi connectivity index (χ2n) is 6.13. The van der Waals surface area contributed by atoms with Gasteiger partial charge in [-0.25, -0.2) is 0 Å². The molecule has 1 atom stereocenters. The summed E-state index contributed by atoms with van der Waals surface area (Å²) in [5.41, 5.74) is 11.2. The lowest BCUT2D eigenvalue weighted by Gasteiger charge is -2.15. The molecule has 3 amide bonds. The van der Waals surface area contributed by atoms with Crippen LogP contribution in [0.1, 0.15) is 74.3 Å². The van der Waals surface area contributed by atoms with Gasteiger partial charge in [0.25, 0.3) is 0 Å². The van der Waals surface area contributed by atoms with Crippen LogP contribution in [0.3, 0.4) is 0 Å². The molecule has 1 rings (SSSR count). The van der Waals surface area contributed by atoms with E-state index >= 15 is 0 Å². The van der Waals surface area contributed by atoms with Crippen molar-refractivity contribution in [1.82, 2.24) is 10.6 Å². The Morgan fingerprint density at radius 3 is 1.76 bits per heavy atom. The Balaban J connectivity index is -0.000000167. The molecule has 0 heterocycles. The molecule has 0 aliphatic heterocycles. The van der Waals surface area contributed by atoms with E-state index in [4.69, 9.17) is 15.6 Å². The zero-order valence-electron chi connectivity index (χ0n) is 23.2. The van der Waals surface area contributed by atoms with E-state index in [2.05, 4.69) is 28.6 Å². The van der Waals surface area contributed by atoms with Gasteiger partial charge in [-0.15, -0.1) is 0 Å². The van der Waals surface area contributed by atoms with Gasteiger partial charge in [-0.1, -0.05) is 74.4 Å². The molecular formula is C25H53N5O4. The lowest BCUT2D eigenvalue weighted by Crippen LogP contribution is -2.46. The molecule has 0 aliphatic carbocycles. The molecule has 1 aromatic carbocycles. The number of carbonyl (C=O) groups excluding carboxylic acids is 3. The topological polar surface area (TPSA) is 160 Å². The molecule has 1 unspecified atom stereocenters. The predicted molar refractivity (Wildman–Crippen MR) is 145 cm³/mol. The summed E-state index contributed by atoms with van der Waals surface area (Å²) >= 11 is 0. The Morgan fingerprint density at radius 2 is 1.47 bits per heavy atom. The first kappa shape index (κ1) is 41.7. The van der Waals surface area contributed by atoms with Crippen molar-refractivity contribution in [3.8, 4) is 0 Å². The summed E-state index contributed by atoms with van der Waals surface area (Å²) < 4.78 is 0. The van der Waals surface area contributed by atoms with E-state index < -0.39 is 6.04 Å². The summed E-state index contributed by atoms with van der Waals surface area (Å²) in [5.74, 6) is -0.652. The number of aliphatic hydroxyl groups excluding tert-OH is 1. The first-order valence-electron chi connectivity index (χ1n) is 12.1. The van der Waals surface area contributed by atoms with E-state index in [1.54, 1.807) is 24.3 Å². The SMILES string of the molecule is CC.CC.CC.CC(C)C(N)C(=O)NCC(=O)Nc1ccc(CO)cc1.CCCNC.NC=O. The van der Waals surface area contributed by atoms with Gasteiger partial charge in [0.15, 0.2) is 0 Å². The highest BCUT2D eigenvalue weighted by atomic mass is 16.3. The first-order chi connectivity index (χ1) is 16.3. The molecule has 9 nitrogen and oxygen atoms in total. The Bertz CT molecular complexity index is 551. The number of aliphatic hydroxyl groups is 1. The van der Waals surface area contributed by atoms with Gasteiger partial charge >= 0.3 is 0 Å². The van der Waals surface area contributed by atoms with E-state index in [1.807, 2.05) is 62.4 Å². The number of nitrogens with one attached hydrogen (secondary N) is 3. The number of rotatable bonds is 8. The van der Waals surface area contributed by atoms with Crippen LogP contribution < -0.4 is 27.4 Å². The monoisotopic (exact) mass is 487 g/mol. The van der Waals surface area contributed by atoms with Crippen molar-refractivity contribution in [1.29, 1.82) is 0 Å². The molecule has 0 saturated heterocycles. The van der Waals surface area contributed by atoms with Crippen molar-refractivity contribution >= 4 is 23.9 Å². The second-order valence-corrected chi connectivity index (χ2v) is 6.13. The van der Waals surface area contributed by atoms with Crippen LogP contribution in [0.5, 0.6) is 0 Å². The summed E-state index contributed by atoms with van der Waals surface area (Å²) in [6.07, 6.45) is 1.48. The molecule has 0 bridgehead atoms. The minimum Gasteiger partial charge on any atom is -0.392 e. The Morgan fingerprint density at radius 1 is 1.03 bits per heavy atom. The molecule has 34 heavy (non-hydrogen) atoms. The zero-order chi connectivity index (χ0) is 27.9. The van der Waals surface area contributed by atoms with Crippen LogP contribution >= 0.6 is 0 Å². The average Bonchev–Trinajstić information content (AvgIpc) is 2.87. The van der Waals surface area contributed by atoms with Crippen LogP contribution in [0.4, 0.5) is 5.69 Å². The summed E-state index contributed by atoms with van der Waals surface area (Å²) in [6, 6.07) is 6.17. The average molecular weight is 488 g/mol. The highest BCUT2D eigenvalue weighted by Crippen LogP contribution is 2.09. The number of hydrogen-bond donors (Lipinski definition) is 6. The van der Waals surface area contributed by atoms with Crippen LogP contribution in [0, 0.1) is 5.92 Å². The van der Waals surface area contributed by atoms with Crippen molar-refractivity contribution in [2.75, 3.05) is 25.5 Å². The first-order valence-corrected chi connectivity index (χ1v) is 12.1. The molecule has 0 aromatic heterocycles. The summed E-state index contributed by atoms with van der Waals surface area (Å²) in [4.78, 5) is 31.8. The maximum absolute atomic E-state index is 11.6. The number of benzene rings is 1. The molecule has 202 valence electrons. The third-order valence-electron chi connectivity index (χ3n) is 3.36. The van der Waals surface area contributed by atoms with Crippen molar-refractivity contribution in [3.05, 3.63) is 29.8 Å². The molecule has 9 heteroatoms. The zero-order valence-corrected chi connectivity index (χ0v) is 23.2. The van der Waals surface area contributed by atoms with Gasteiger partial charge in [-0.2, -0.15) is 0 Å². The van der Waals surface area contributed by atoms with Crippen LogP contribution in [0.2, 0.25) is 0 Å². The van der Waals surface area contributed by atoms with Gasteiger partial charge in [0.1, 0.15) is 0 Å². The third kappa shape index (κ3) is 29.5. The molecule has 0 aliphatic rings. The number of anilines is 1. The smallest absolute Gasteiger partial charge is 0.243 e. The largest absolute Gasteiger partial charge is 0.392 e. The molecule has 0 saturated carbocycles. The minimum absolute atomic E-state index is 0.0177. The molecule has 0 spiro atoms. The minimum atomic E-state index is -0.619. The maximum atomic E-state index is 11.6. The number of nitrogens with two attached hydrogens (primary N) is 2. The maximum Gasteiger partial charge on any atom is 0.243 e. The van der Waals surface area contributed by atoms with E-state index in [0.29, 0.717) is 5.69 Å². The van der Waals surface area contributed by atoms with E-state index in [1.165, 1.54) is 6.42 Å². The van der Waals surface area contributed by atoms with Crippen LogP contribution in [0.25, 0.3) is 0 Å². The highest BCUT2D eigenvalue weighted by molar-refractivity contribution is 5.95.